The van der Waals surface area contributed by atoms with Gasteiger partial charge in [0.1, 0.15) is 11.5 Å². The Kier molecular flexibility index (Phi) is 4.78. The lowest BCUT2D eigenvalue weighted by atomic mass is 9.97. The monoisotopic (exact) mass is 300 g/mol. The van der Waals surface area contributed by atoms with E-state index in [2.05, 4.69) is 0 Å². The number of carbonyl (C=O) groups is 2. The van der Waals surface area contributed by atoms with Gasteiger partial charge >= 0.3 is 11.9 Å². The van der Waals surface area contributed by atoms with Gasteiger partial charge in [0.2, 0.25) is 0 Å². The molecule has 0 bridgehead atoms. The molecule has 5 heteroatoms. The fourth-order valence-electron chi connectivity index (χ4n) is 2.06. The number of benzene rings is 2. The first-order chi connectivity index (χ1) is 10.5. The first-order valence-corrected chi connectivity index (χ1v) is 6.77. The molecule has 0 aliphatic rings. The smallest absolute Gasteiger partial charge is 0.310 e. The topological polar surface area (TPSA) is 83.8 Å². The Morgan fingerprint density at radius 3 is 2.36 bits per heavy atom. The average Bonchev–Trinajstić information content (AvgIpc) is 2.48. The molecule has 0 aliphatic heterocycles. The summed E-state index contributed by atoms with van der Waals surface area (Å²) in [4.78, 5) is 22.1. The molecule has 0 amide bonds. The van der Waals surface area contributed by atoms with E-state index < -0.39 is 17.9 Å². The molecule has 2 N–H and O–H groups in total. The van der Waals surface area contributed by atoms with E-state index in [1.165, 1.54) is 0 Å². The van der Waals surface area contributed by atoms with Gasteiger partial charge in [0.25, 0.3) is 0 Å². The van der Waals surface area contributed by atoms with Crippen LogP contribution in [-0.2, 0) is 16.0 Å². The zero-order chi connectivity index (χ0) is 16.1. The molecule has 0 aromatic heterocycles. The van der Waals surface area contributed by atoms with E-state index in [4.69, 9.17) is 9.84 Å². The number of aliphatic carboxylic acids is 2. The van der Waals surface area contributed by atoms with Crippen LogP contribution < -0.4 is 4.74 Å². The molecule has 2 aromatic carbocycles. The van der Waals surface area contributed by atoms with E-state index in [-0.39, 0.29) is 6.42 Å². The highest BCUT2D eigenvalue weighted by Crippen LogP contribution is 2.32. The van der Waals surface area contributed by atoms with E-state index in [0.717, 1.165) is 0 Å². The molecule has 1 atom stereocenters. The summed E-state index contributed by atoms with van der Waals surface area (Å²) in [5, 5.41) is 18.1. The number of para-hydroxylation sites is 1. The van der Waals surface area contributed by atoms with Crippen LogP contribution in [0.3, 0.4) is 0 Å². The van der Waals surface area contributed by atoms with Crippen molar-refractivity contribution >= 4 is 11.9 Å². The van der Waals surface area contributed by atoms with Crippen LogP contribution in [0.15, 0.2) is 48.5 Å². The molecule has 5 nitrogen and oxygen atoms in total. The zero-order valence-electron chi connectivity index (χ0n) is 12.0. The summed E-state index contributed by atoms with van der Waals surface area (Å²) in [7, 11) is 0. The van der Waals surface area contributed by atoms with Gasteiger partial charge in [0.15, 0.2) is 0 Å². The SMILES string of the molecule is CC(C(=O)O)c1cc(CC(=O)O)ccc1Oc1ccccc1. The lowest BCUT2D eigenvalue weighted by Gasteiger charge is -2.15. The molecular weight excluding hydrogens is 284 g/mol. The Morgan fingerprint density at radius 2 is 1.77 bits per heavy atom. The molecule has 0 spiro atoms. The van der Waals surface area contributed by atoms with Crippen LogP contribution in [0.25, 0.3) is 0 Å². The highest BCUT2D eigenvalue weighted by atomic mass is 16.5. The van der Waals surface area contributed by atoms with Gasteiger partial charge in [-0.3, -0.25) is 9.59 Å². The lowest BCUT2D eigenvalue weighted by Crippen LogP contribution is -2.10. The van der Waals surface area contributed by atoms with Crippen molar-refractivity contribution in [3.63, 3.8) is 0 Å². The van der Waals surface area contributed by atoms with Gasteiger partial charge in [-0.15, -0.1) is 0 Å². The number of ether oxygens (including phenoxy) is 1. The van der Waals surface area contributed by atoms with Crippen molar-refractivity contribution in [3.05, 3.63) is 59.7 Å². The van der Waals surface area contributed by atoms with Crippen LogP contribution in [0.1, 0.15) is 24.0 Å². The third-order valence-electron chi connectivity index (χ3n) is 3.24. The van der Waals surface area contributed by atoms with Gasteiger partial charge in [0, 0.05) is 5.56 Å². The second kappa shape index (κ2) is 6.76. The van der Waals surface area contributed by atoms with Crippen molar-refractivity contribution in [2.24, 2.45) is 0 Å². The van der Waals surface area contributed by atoms with Crippen molar-refractivity contribution in [2.75, 3.05) is 0 Å². The molecule has 0 heterocycles. The van der Waals surface area contributed by atoms with Gasteiger partial charge in [-0.05, 0) is 30.7 Å². The van der Waals surface area contributed by atoms with Gasteiger partial charge in [0.05, 0.1) is 12.3 Å². The molecule has 22 heavy (non-hydrogen) atoms. The van der Waals surface area contributed by atoms with Crippen molar-refractivity contribution < 1.29 is 24.5 Å². The van der Waals surface area contributed by atoms with Crippen LogP contribution in [0.2, 0.25) is 0 Å². The van der Waals surface area contributed by atoms with Gasteiger partial charge in [-0.25, -0.2) is 0 Å². The Balaban J connectivity index is 2.39. The quantitative estimate of drug-likeness (QED) is 0.855. The first kappa shape index (κ1) is 15.6. The van der Waals surface area contributed by atoms with E-state index in [9.17, 15) is 14.7 Å². The maximum absolute atomic E-state index is 11.3. The minimum Gasteiger partial charge on any atom is -0.481 e. The third-order valence-corrected chi connectivity index (χ3v) is 3.24. The lowest BCUT2D eigenvalue weighted by molar-refractivity contribution is -0.138. The van der Waals surface area contributed by atoms with Crippen molar-refractivity contribution in [1.82, 2.24) is 0 Å². The van der Waals surface area contributed by atoms with E-state index in [0.29, 0.717) is 22.6 Å². The second-order valence-electron chi connectivity index (χ2n) is 4.92. The predicted molar refractivity (Wildman–Crippen MR) is 80.3 cm³/mol. The van der Waals surface area contributed by atoms with Crippen LogP contribution in [0.4, 0.5) is 0 Å². The van der Waals surface area contributed by atoms with Crippen LogP contribution in [0.5, 0.6) is 11.5 Å². The molecule has 1 unspecified atom stereocenters. The van der Waals surface area contributed by atoms with E-state index >= 15 is 0 Å². The Morgan fingerprint density at radius 1 is 1.09 bits per heavy atom. The summed E-state index contributed by atoms with van der Waals surface area (Å²) in [5.74, 6) is -1.76. The van der Waals surface area contributed by atoms with Crippen molar-refractivity contribution in [2.45, 2.75) is 19.3 Å². The average molecular weight is 300 g/mol. The molecule has 2 rings (SSSR count). The summed E-state index contributed by atoms with van der Waals surface area (Å²) >= 11 is 0. The Bertz CT molecular complexity index is 679. The van der Waals surface area contributed by atoms with Crippen molar-refractivity contribution in [1.29, 1.82) is 0 Å². The minimum absolute atomic E-state index is 0.162. The summed E-state index contributed by atoms with van der Waals surface area (Å²) in [6, 6.07) is 13.8. The standard InChI is InChI=1S/C17H16O5/c1-11(17(20)21)14-9-12(10-16(18)19)7-8-15(14)22-13-5-3-2-4-6-13/h2-9,11H,10H2,1H3,(H,18,19)(H,20,21). The van der Waals surface area contributed by atoms with Crippen molar-refractivity contribution in [3.8, 4) is 11.5 Å². The normalized spacial score (nSPS) is 11.7. The summed E-state index contributed by atoms with van der Waals surface area (Å²) in [6.07, 6.45) is -0.162. The molecule has 114 valence electrons. The van der Waals surface area contributed by atoms with E-state index in [1.807, 2.05) is 18.2 Å². The number of carboxylic acids is 2. The fraction of sp³-hybridized carbons (Fsp3) is 0.176. The third kappa shape index (κ3) is 3.85. The minimum atomic E-state index is -0.995. The molecule has 0 saturated heterocycles. The number of hydrogen-bond acceptors (Lipinski definition) is 3. The van der Waals surface area contributed by atoms with Gasteiger partial charge < -0.3 is 14.9 Å². The largest absolute Gasteiger partial charge is 0.481 e. The highest BCUT2D eigenvalue weighted by Gasteiger charge is 2.20. The fourth-order valence-corrected chi connectivity index (χ4v) is 2.06. The van der Waals surface area contributed by atoms with Crippen LogP contribution in [-0.4, -0.2) is 22.2 Å². The predicted octanol–water partition coefficient (Wildman–Crippen LogP) is 3.29. The molecule has 2 aromatic rings. The summed E-state index contributed by atoms with van der Waals surface area (Å²) in [5.41, 5.74) is 0.992. The highest BCUT2D eigenvalue weighted by molar-refractivity contribution is 5.77. The van der Waals surface area contributed by atoms with Gasteiger partial charge in [-0.2, -0.15) is 0 Å². The number of carboxylic acid groups (broad SMARTS) is 2. The maximum atomic E-state index is 11.3. The first-order valence-electron chi connectivity index (χ1n) is 6.77. The molecular formula is C17H16O5. The summed E-state index contributed by atoms with van der Waals surface area (Å²) in [6.45, 7) is 1.54. The van der Waals surface area contributed by atoms with Gasteiger partial charge in [-0.1, -0.05) is 30.3 Å². The molecule has 0 fully saturated rings. The molecule has 0 aliphatic carbocycles. The zero-order valence-corrected chi connectivity index (χ0v) is 12.0. The number of rotatable bonds is 6. The number of hydrogen-bond donors (Lipinski definition) is 2. The summed E-state index contributed by atoms with van der Waals surface area (Å²) < 4.78 is 5.73. The maximum Gasteiger partial charge on any atom is 0.310 e. The van der Waals surface area contributed by atoms with E-state index in [1.54, 1.807) is 37.3 Å². The second-order valence-corrected chi connectivity index (χ2v) is 4.92. The molecule has 0 radical (unpaired) electrons. The van der Waals surface area contributed by atoms with Crippen LogP contribution >= 0.6 is 0 Å². The van der Waals surface area contributed by atoms with Crippen LogP contribution in [0, 0.1) is 0 Å². The Labute approximate surface area is 127 Å². The Hall–Kier alpha value is -2.82. The molecule has 0 saturated carbocycles.